The van der Waals surface area contributed by atoms with Crippen LogP contribution in [0, 0.1) is 10.1 Å². The van der Waals surface area contributed by atoms with E-state index in [0.717, 1.165) is 6.07 Å². The van der Waals surface area contributed by atoms with Crippen molar-refractivity contribution in [1.82, 2.24) is 0 Å². The third-order valence-corrected chi connectivity index (χ3v) is 4.39. The molecule has 10 heteroatoms. The average Bonchev–Trinajstić information content (AvgIpc) is 2.59. The monoisotopic (exact) mass is 396 g/mol. The average molecular weight is 397 g/mol. The lowest BCUT2D eigenvalue weighted by molar-refractivity contribution is -0.383. The fraction of sp³-hybridized carbons (Fsp3) is 0.125. The van der Waals surface area contributed by atoms with Gasteiger partial charge in [-0.1, -0.05) is 23.7 Å². The van der Waals surface area contributed by atoms with Crippen LogP contribution >= 0.6 is 11.6 Å². The SMILES string of the molecule is C[S@@](=O)c1ccccc1C(=O)OCC(=O)Nc1cc(Cl)ccc1[N+](=O)[O-]. The number of hydrogen-bond donors (Lipinski definition) is 1. The zero-order valence-corrected chi connectivity index (χ0v) is 15.0. The molecular weight excluding hydrogens is 384 g/mol. The molecule has 0 saturated heterocycles. The Labute approximate surface area is 155 Å². The Morgan fingerprint density at radius 3 is 2.62 bits per heavy atom. The highest BCUT2D eigenvalue weighted by molar-refractivity contribution is 7.84. The molecule has 1 atom stereocenters. The minimum absolute atomic E-state index is 0.0786. The van der Waals surface area contributed by atoms with E-state index in [9.17, 15) is 23.9 Å². The molecule has 2 aromatic carbocycles. The number of hydrogen-bond acceptors (Lipinski definition) is 6. The maximum Gasteiger partial charge on any atom is 0.339 e. The van der Waals surface area contributed by atoms with E-state index < -0.39 is 34.2 Å². The molecule has 1 N–H and O–H groups in total. The summed E-state index contributed by atoms with van der Waals surface area (Å²) in [5.41, 5.74) is -0.380. The summed E-state index contributed by atoms with van der Waals surface area (Å²) < 4.78 is 16.5. The van der Waals surface area contributed by atoms with E-state index in [2.05, 4.69) is 5.32 Å². The molecule has 0 heterocycles. The smallest absolute Gasteiger partial charge is 0.339 e. The largest absolute Gasteiger partial charge is 0.452 e. The number of esters is 1. The van der Waals surface area contributed by atoms with Crippen molar-refractivity contribution >= 4 is 45.7 Å². The molecule has 0 spiro atoms. The first-order valence-corrected chi connectivity index (χ1v) is 9.06. The summed E-state index contributed by atoms with van der Waals surface area (Å²) in [4.78, 5) is 34.6. The van der Waals surface area contributed by atoms with Gasteiger partial charge in [-0.2, -0.15) is 0 Å². The van der Waals surface area contributed by atoms with Gasteiger partial charge in [0.2, 0.25) is 0 Å². The molecule has 2 aromatic rings. The Morgan fingerprint density at radius 1 is 1.27 bits per heavy atom. The Kier molecular flexibility index (Phi) is 6.42. The molecule has 0 fully saturated rings. The lowest BCUT2D eigenvalue weighted by Crippen LogP contribution is -2.22. The summed E-state index contributed by atoms with van der Waals surface area (Å²) in [6.45, 7) is -0.673. The second-order valence-electron chi connectivity index (χ2n) is 4.99. The summed E-state index contributed by atoms with van der Waals surface area (Å²) in [5.74, 6) is -1.61. The second kappa shape index (κ2) is 8.54. The number of halogens is 1. The van der Waals surface area contributed by atoms with Gasteiger partial charge in [-0.05, 0) is 24.3 Å². The quantitative estimate of drug-likeness (QED) is 0.456. The predicted molar refractivity (Wildman–Crippen MR) is 95.8 cm³/mol. The van der Waals surface area contributed by atoms with Crippen molar-refractivity contribution in [2.75, 3.05) is 18.2 Å². The summed E-state index contributed by atoms with van der Waals surface area (Å²) in [6.07, 6.45) is 1.41. The van der Waals surface area contributed by atoms with Crippen LogP contribution in [0.3, 0.4) is 0 Å². The number of nitro groups is 1. The first kappa shape index (κ1) is 19.5. The first-order valence-electron chi connectivity index (χ1n) is 7.13. The molecule has 136 valence electrons. The number of nitro benzene ring substituents is 1. The number of ether oxygens (including phenoxy) is 1. The van der Waals surface area contributed by atoms with Gasteiger partial charge in [0, 0.05) is 17.3 Å². The Balaban J connectivity index is 2.06. The zero-order chi connectivity index (χ0) is 19.3. The van der Waals surface area contributed by atoms with Gasteiger partial charge < -0.3 is 10.1 Å². The van der Waals surface area contributed by atoms with Crippen LogP contribution in [0.4, 0.5) is 11.4 Å². The van der Waals surface area contributed by atoms with Crippen molar-refractivity contribution in [2.45, 2.75) is 4.90 Å². The van der Waals surface area contributed by atoms with Gasteiger partial charge in [0.25, 0.3) is 11.6 Å². The lowest BCUT2D eigenvalue weighted by Gasteiger charge is -2.09. The van der Waals surface area contributed by atoms with Crippen molar-refractivity contribution in [3.05, 3.63) is 63.2 Å². The fourth-order valence-electron chi connectivity index (χ4n) is 2.05. The third-order valence-electron chi connectivity index (χ3n) is 3.18. The van der Waals surface area contributed by atoms with Crippen LogP contribution in [0.5, 0.6) is 0 Å². The van der Waals surface area contributed by atoms with Gasteiger partial charge in [0.05, 0.1) is 26.2 Å². The van der Waals surface area contributed by atoms with Crippen LogP contribution in [0.25, 0.3) is 0 Å². The maximum atomic E-state index is 12.1. The van der Waals surface area contributed by atoms with Gasteiger partial charge in [-0.25, -0.2) is 4.79 Å². The molecule has 0 unspecified atom stereocenters. The van der Waals surface area contributed by atoms with Gasteiger partial charge in [0.15, 0.2) is 6.61 Å². The molecule has 0 radical (unpaired) electrons. The van der Waals surface area contributed by atoms with Crippen LogP contribution in [0.15, 0.2) is 47.4 Å². The van der Waals surface area contributed by atoms with Crippen LogP contribution in [-0.2, 0) is 20.3 Å². The lowest BCUT2D eigenvalue weighted by atomic mass is 10.2. The third kappa shape index (κ3) is 4.87. The van der Waals surface area contributed by atoms with Gasteiger partial charge in [-0.15, -0.1) is 0 Å². The Morgan fingerprint density at radius 2 is 1.96 bits per heavy atom. The number of benzene rings is 2. The van der Waals surface area contributed by atoms with Gasteiger partial charge in [0.1, 0.15) is 5.69 Å². The van der Waals surface area contributed by atoms with Crippen molar-refractivity contribution in [3.63, 3.8) is 0 Å². The fourth-order valence-corrected chi connectivity index (χ4v) is 2.95. The highest BCUT2D eigenvalue weighted by atomic mass is 35.5. The topological polar surface area (TPSA) is 116 Å². The Hall–Kier alpha value is -2.78. The number of carbonyl (C=O) groups is 2. The van der Waals surface area contributed by atoms with E-state index in [1.807, 2.05) is 0 Å². The molecule has 26 heavy (non-hydrogen) atoms. The predicted octanol–water partition coefficient (Wildman–Crippen LogP) is 2.78. The summed E-state index contributed by atoms with van der Waals surface area (Å²) in [6, 6.07) is 9.82. The minimum Gasteiger partial charge on any atom is -0.452 e. The van der Waals surface area contributed by atoms with Crippen molar-refractivity contribution in [2.24, 2.45) is 0 Å². The van der Waals surface area contributed by atoms with Crippen molar-refractivity contribution < 1.29 is 23.5 Å². The molecule has 0 saturated carbocycles. The summed E-state index contributed by atoms with van der Waals surface area (Å²) in [5, 5.41) is 13.4. The zero-order valence-electron chi connectivity index (χ0n) is 13.4. The molecule has 2 rings (SSSR count). The minimum atomic E-state index is -1.41. The van der Waals surface area contributed by atoms with Crippen LogP contribution < -0.4 is 5.32 Å². The van der Waals surface area contributed by atoms with E-state index in [-0.39, 0.29) is 26.9 Å². The number of rotatable bonds is 6. The van der Waals surface area contributed by atoms with E-state index in [1.165, 1.54) is 30.5 Å². The normalized spacial score (nSPS) is 11.5. The van der Waals surface area contributed by atoms with Crippen LogP contribution in [0.2, 0.25) is 5.02 Å². The summed E-state index contributed by atoms with van der Waals surface area (Å²) >= 11 is 5.77. The number of nitrogens with zero attached hydrogens (tertiary/aromatic N) is 1. The number of anilines is 1. The first-order chi connectivity index (χ1) is 12.3. The number of nitrogens with one attached hydrogen (secondary N) is 1. The van der Waals surface area contributed by atoms with Gasteiger partial charge >= 0.3 is 5.97 Å². The molecule has 0 bridgehead atoms. The van der Waals surface area contributed by atoms with E-state index >= 15 is 0 Å². The molecule has 8 nitrogen and oxygen atoms in total. The molecule has 1 amide bonds. The molecule has 0 aliphatic carbocycles. The maximum absolute atomic E-state index is 12.1. The van der Waals surface area contributed by atoms with Gasteiger partial charge in [-0.3, -0.25) is 19.1 Å². The Bertz CT molecular complexity index is 902. The van der Waals surface area contributed by atoms with E-state index in [4.69, 9.17) is 16.3 Å². The molecule has 0 aliphatic rings. The second-order valence-corrected chi connectivity index (χ2v) is 6.78. The van der Waals surface area contributed by atoms with E-state index in [0.29, 0.717) is 0 Å². The van der Waals surface area contributed by atoms with Crippen LogP contribution in [-0.4, -0.2) is 33.9 Å². The van der Waals surface area contributed by atoms with Crippen molar-refractivity contribution in [1.29, 1.82) is 0 Å². The summed E-state index contributed by atoms with van der Waals surface area (Å²) in [7, 11) is -1.41. The highest BCUT2D eigenvalue weighted by Gasteiger charge is 2.19. The van der Waals surface area contributed by atoms with E-state index in [1.54, 1.807) is 12.1 Å². The highest BCUT2D eigenvalue weighted by Crippen LogP contribution is 2.27. The molecule has 0 aliphatic heterocycles. The van der Waals surface area contributed by atoms with Crippen LogP contribution in [0.1, 0.15) is 10.4 Å². The molecule has 0 aromatic heterocycles. The number of amides is 1. The number of carbonyl (C=O) groups excluding carboxylic acids is 2. The molecular formula is C16H13ClN2O6S. The van der Waals surface area contributed by atoms with Crippen molar-refractivity contribution in [3.8, 4) is 0 Å². The standard InChI is InChI=1S/C16H13ClN2O6S/c1-26(24)14-5-3-2-4-11(14)16(21)25-9-15(20)18-12-8-10(17)6-7-13(12)19(22)23/h2-8H,9H2,1H3,(H,18,20)/t26-/m1/s1.